The number of benzene rings is 5. The smallest absolute Gasteiger partial charge is 0.271 e. The van der Waals surface area contributed by atoms with Crippen LogP contribution >= 0.6 is 11.3 Å². The molecule has 1 aromatic heterocycles. The fourth-order valence-corrected chi connectivity index (χ4v) is 6.87. The van der Waals surface area contributed by atoms with Crippen LogP contribution in [-0.4, -0.2) is 17.6 Å². The Hall–Kier alpha value is -5.73. The second kappa shape index (κ2) is 12.9. The fraction of sp³-hybridized carbons (Fsp3) is 0.103. The molecule has 47 heavy (non-hydrogen) atoms. The molecule has 7 nitrogen and oxygen atoms in total. The maximum absolute atomic E-state index is 14.1. The molecule has 7 rings (SSSR count). The second-order valence-electron chi connectivity index (χ2n) is 11.2. The average molecular weight is 638 g/mol. The van der Waals surface area contributed by atoms with E-state index in [1.807, 2.05) is 110 Å². The SMILES string of the molecule is COc1ccc([C@@H]2C(C(=O)Nc3ccccc3)=C(C)N=c3s/c(=C/c4ccc(OCc5cccc6ccccc56)cc4)c(=O)n32)cc1. The van der Waals surface area contributed by atoms with Gasteiger partial charge >= 0.3 is 0 Å². The molecule has 0 aliphatic carbocycles. The van der Waals surface area contributed by atoms with Gasteiger partial charge in [-0.05, 0) is 76.9 Å². The molecule has 0 fully saturated rings. The van der Waals surface area contributed by atoms with Crippen molar-refractivity contribution in [2.45, 2.75) is 19.6 Å². The number of allylic oxidation sites excluding steroid dienone is 1. The summed E-state index contributed by atoms with van der Waals surface area (Å²) >= 11 is 1.30. The lowest BCUT2D eigenvalue weighted by atomic mass is 9.95. The zero-order valence-corrected chi connectivity index (χ0v) is 26.7. The number of carbonyl (C=O) groups is 1. The van der Waals surface area contributed by atoms with Gasteiger partial charge in [-0.1, -0.05) is 96.3 Å². The van der Waals surface area contributed by atoms with Gasteiger partial charge in [0.15, 0.2) is 4.80 Å². The fourth-order valence-electron chi connectivity index (χ4n) is 5.82. The van der Waals surface area contributed by atoms with Gasteiger partial charge in [0.25, 0.3) is 11.5 Å². The number of ether oxygens (including phenoxy) is 2. The number of thiazole rings is 1. The number of nitrogens with one attached hydrogen (secondary N) is 1. The molecule has 1 N–H and O–H groups in total. The number of fused-ring (bicyclic) bond motifs is 2. The van der Waals surface area contributed by atoms with Gasteiger partial charge in [-0.15, -0.1) is 0 Å². The molecule has 1 amide bonds. The van der Waals surface area contributed by atoms with E-state index < -0.39 is 6.04 Å². The van der Waals surface area contributed by atoms with Crippen molar-refractivity contribution in [2.75, 3.05) is 12.4 Å². The van der Waals surface area contributed by atoms with Crippen LogP contribution in [0.15, 0.2) is 142 Å². The standard InChI is InChI=1S/C39H31N3O4S/c1-25-35(37(43)41-30-12-4-3-5-13-30)36(28-17-21-31(45-2)22-18-28)42-38(44)34(47-39(42)40-25)23-26-15-19-32(20-16-26)46-24-29-11-8-10-27-9-6-7-14-33(27)29/h3-23,36H,24H2,1-2H3,(H,41,43)/b34-23+/t36-/m1/s1. The largest absolute Gasteiger partial charge is 0.497 e. The zero-order chi connectivity index (χ0) is 32.3. The number of aromatic nitrogens is 1. The summed E-state index contributed by atoms with van der Waals surface area (Å²) in [6.07, 6.45) is 1.85. The molecular weight excluding hydrogens is 607 g/mol. The van der Waals surface area contributed by atoms with E-state index in [4.69, 9.17) is 14.5 Å². The van der Waals surface area contributed by atoms with Crippen molar-refractivity contribution in [3.05, 3.63) is 169 Å². The van der Waals surface area contributed by atoms with Crippen LogP contribution in [-0.2, 0) is 11.4 Å². The van der Waals surface area contributed by atoms with Gasteiger partial charge in [0, 0.05) is 5.69 Å². The summed E-state index contributed by atoms with van der Waals surface area (Å²) in [5.41, 5.74) is 4.15. The summed E-state index contributed by atoms with van der Waals surface area (Å²) in [4.78, 5) is 33.1. The minimum Gasteiger partial charge on any atom is -0.497 e. The summed E-state index contributed by atoms with van der Waals surface area (Å²) in [7, 11) is 1.60. The molecule has 0 spiro atoms. The molecule has 1 aliphatic heterocycles. The molecular formula is C39H31N3O4S. The van der Waals surface area contributed by atoms with Gasteiger partial charge in [0.1, 0.15) is 18.1 Å². The highest BCUT2D eigenvalue weighted by molar-refractivity contribution is 7.07. The normalized spacial score (nSPS) is 14.4. The van der Waals surface area contributed by atoms with Crippen LogP contribution in [0.5, 0.6) is 11.5 Å². The van der Waals surface area contributed by atoms with E-state index in [0.29, 0.717) is 38.6 Å². The average Bonchev–Trinajstić information content (AvgIpc) is 3.41. The Morgan fingerprint density at radius 3 is 2.34 bits per heavy atom. The first-order valence-corrected chi connectivity index (χ1v) is 16.0. The number of amides is 1. The third-order valence-corrected chi connectivity index (χ3v) is 9.16. The Labute approximate surface area is 275 Å². The summed E-state index contributed by atoms with van der Waals surface area (Å²) in [5.74, 6) is 1.11. The number of para-hydroxylation sites is 1. The first kappa shape index (κ1) is 30.0. The number of anilines is 1. The number of hydrogen-bond donors (Lipinski definition) is 1. The number of rotatable bonds is 8. The molecule has 2 heterocycles. The molecule has 0 saturated carbocycles. The van der Waals surface area contributed by atoms with Gasteiger partial charge in [0.2, 0.25) is 0 Å². The summed E-state index contributed by atoms with van der Waals surface area (Å²) in [6.45, 7) is 2.26. The Kier molecular flexibility index (Phi) is 8.25. The Bertz CT molecular complexity index is 2300. The molecule has 5 aromatic carbocycles. The molecule has 232 valence electrons. The van der Waals surface area contributed by atoms with Crippen LogP contribution in [0.3, 0.4) is 0 Å². The number of nitrogens with zero attached hydrogens (tertiary/aromatic N) is 2. The van der Waals surface area contributed by atoms with Crippen molar-refractivity contribution in [1.82, 2.24) is 4.57 Å². The molecule has 1 aliphatic rings. The molecule has 0 bridgehead atoms. The van der Waals surface area contributed by atoms with Crippen molar-refractivity contribution in [3.63, 3.8) is 0 Å². The molecule has 0 radical (unpaired) electrons. The Morgan fingerprint density at radius 1 is 0.872 bits per heavy atom. The van der Waals surface area contributed by atoms with E-state index >= 15 is 0 Å². The molecule has 0 unspecified atom stereocenters. The third-order valence-electron chi connectivity index (χ3n) is 8.18. The number of methoxy groups -OCH3 is 1. The topological polar surface area (TPSA) is 81.9 Å². The van der Waals surface area contributed by atoms with E-state index in [-0.39, 0.29) is 11.5 Å². The lowest BCUT2D eigenvalue weighted by molar-refractivity contribution is -0.113. The van der Waals surface area contributed by atoms with Gasteiger partial charge in [-0.3, -0.25) is 14.2 Å². The van der Waals surface area contributed by atoms with Gasteiger partial charge in [0.05, 0.1) is 29.0 Å². The van der Waals surface area contributed by atoms with E-state index in [9.17, 15) is 9.59 Å². The van der Waals surface area contributed by atoms with Gasteiger partial charge in [-0.25, -0.2) is 4.99 Å². The number of carbonyl (C=O) groups excluding carboxylic acids is 1. The minimum atomic E-state index is -0.673. The second-order valence-corrected chi connectivity index (χ2v) is 12.2. The highest BCUT2D eigenvalue weighted by Crippen LogP contribution is 2.32. The summed E-state index contributed by atoms with van der Waals surface area (Å²) in [6, 6.07) is 38.2. The van der Waals surface area contributed by atoms with Crippen LogP contribution in [0, 0.1) is 0 Å². The van der Waals surface area contributed by atoms with Crippen molar-refractivity contribution in [2.24, 2.45) is 4.99 Å². The molecule has 8 heteroatoms. The van der Waals surface area contributed by atoms with E-state index in [1.54, 1.807) is 11.7 Å². The molecule has 1 atom stereocenters. The van der Waals surface area contributed by atoms with Crippen molar-refractivity contribution >= 4 is 39.8 Å². The first-order chi connectivity index (χ1) is 23.0. The maximum atomic E-state index is 14.1. The van der Waals surface area contributed by atoms with Gasteiger partial charge in [-0.2, -0.15) is 0 Å². The maximum Gasteiger partial charge on any atom is 0.271 e. The monoisotopic (exact) mass is 637 g/mol. The van der Waals surface area contributed by atoms with Crippen molar-refractivity contribution < 1.29 is 14.3 Å². The van der Waals surface area contributed by atoms with Crippen molar-refractivity contribution in [1.29, 1.82) is 0 Å². The van der Waals surface area contributed by atoms with Crippen LogP contribution in [0.2, 0.25) is 0 Å². The summed E-state index contributed by atoms with van der Waals surface area (Å²) in [5, 5.41) is 5.33. The van der Waals surface area contributed by atoms with Crippen LogP contribution in [0.25, 0.3) is 16.8 Å². The lowest BCUT2D eigenvalue weighted by Crippen LogP contribution is -2.40. The highest BCUT2D eigenvalue weighted by atomic mass is 32.1. The predicted molar refractivity (Wildman–Crippen MR) is 187 cm³/mol. The van der Waals surface area contributed by atoms with Crippen molar-refractivity contribution in [3.8, 4) is 11.5 Å². The van der Waals surface area contributed by atoms with Gasteiger partial charge < -0.3 is 14.8 Å². The van der Waals surface area contributed by atoms with Crippen LogP contribution in [0.1, 0.15) is 29.7 Å². The van der Waals surface area contributed by atoms with Crippen LogP contribution < -0.4 is 29.7 Å². The van der Waals surface area contributed by atoms with E-state index in [0.717, 1.165) is 22.4 Å². The lowest BCUT2D eigenvalue weighted by Gasteiger charge is -2.25. The third kappa shape index (κ3) is 6.11. The van der Waals surface area contributed by atoms with Crippen LogP contribution in [0.4, 0.5) is 5.69 Å². The Balaban J connectivity index is 1.20. The highest BCUT2D eigenvalue weighted by Gasteiger charge is 2.32. The molecule has 6 aromatic rings. The minimum absolute atomic E-state index is 0.219. The van der Waals surface area contributed by atoms with E-state index in [2.05, 4.69) is 29.6 Å². The quantitative estimate of drug-likeness (QED) is 0.204. The first-order valence-electron chi connectivity index (χ1n) is 15.2. The number of hydrogen-bond acceptors (Lipinski definition) is 6. The predicted octanol–water partition coefficient (Wildman–Crippen LogP) is 6.61. The van der Waals surface area contributed by atoms with E-state index in [1.165, 1.54) is 22.1 Å². The summed E-state index contributed by atoms with van der Waals surface area (Å²) < 4.78 is 13.6. The zero-order valence-electron chi connectivity index (χ0n) is 25.8. The Morgan fingerprint density at radius 2 is 1.57 bits per heavy atom. The molecule has 0 saturated heterocycles.